The molecule has 1 aromatic carbocycles. The van der Waals surface area contributed by atoms with Crippen molar-refractivity contribution in [3.05, 3.63) is 35.4 Å². The molecule has 0 aliphatic heterocycles. The largest absolute Gasteiger partial charge is 0.345 e. The van der Waals surface area contributed by atoms with Crippen molar-refractivity contribution in [3.63, 3.8) is 0 Å². The molecule has 0 spiro atoms. The number of carbonyl (C=O) groups excluding carboxylic acids is 2. The maximum atomic E-state index is 11.7. The highest BCUT2D eigenvalue weighted by molar-refractivity contribution is 6.17. The minimum Gasteiger partial charge on any atom is -0.345 e. The average Bonchev–Trinajstić information content (AvgIpc) is 2.43. The first-order valence-electron chi connectivity index (χ1n) is 5.75. The zero-order valence-corrected chi connectivity index (χ0v) is 11.3. The fraction of sp³-hybridized carbons (Fsp3) is 0.385. The lowest BCUT2D eigenvalue weighted by Gasteiger charge is -2.14. The van der Waals surface area contributed by atoms with E-state index >= 15 is 0 Å². The number of halogens is 1. The lowest BCUT2D eigenvalue weighted by molar-refractivity contribution is -0.128. The summed E-state index contributed by atoms with van der Waals surface area (Å²) >= 11 is 5.66. The Labute approximate surface area is 112 Å². The van der Waals surface area contributed by atoms with Crippen molar-refractivity contribution in [2.45, 2.75) is 12.8 Å². The number of rotatable bonds is 5. The summed E-state index contributed by atoms with van der Waals surface area (Å²) in [4.78, 5) is 24.8. The van der Waals surface area contributed by atoms with Crippen LogP contribution in [0, 0.1) is 0 Å². The Morgan fingerprint density at radius 2 is 1.89 bits per heavy atom. The van der Waals surface area contributed by atoms with Crippen LogP contribution in [0.5, 0.6) is 0 Å². The van der Waals surface area contributed by atoms with E-state index in [1.807, 2.05) is 6.92 Å². The third-order valence-corrected chi connectivity index (χ3v) is 2.98. The fourth-order valence-electron chi connectivity index (χ4n) is 1.31. The van der Waals surface area contributed by atoms with Crippen molar-refractivity contribution in [1.29, 1.82) is 0 Å². The fourth-order valence-corrected chi connectivity index (χ4v) is 1.49. The second-order valence-corrected chi connectivity index (χ2v) is 4.19. The molecule has 1 N–H and O–H groups in total. The molecule has 1 aromatic rings. The van der Waals surface area contributed by atoms with E-state index in [4.69, 9.17) is 11.6 Å². The van der Waals surface area contributed by atoms with Gasteiger partial charge in [0.1, 0.15) is 0 Å². The van der Waals surface area contributed by atoms with Gasteiger partial charge in [0.2, 0.25) is 5.91 Å². The van der Waals surface area contributed by atoms with Crippen LogP contribution in [0.15, 0.2) is 24.3 Å². The quantitative estimate of drug-likeness (QED) is 0.826. The van der Waals surface area contributed by atoms with Gasteiger partial charge < -0.3 is 10.2 Å². The van der Waals surface area contributed by atoms with Crippen molar-refractivity contribution in [2.75, 3.05) is 20.1 Å². The summed E-state index contributed by atoms with van der Waals surface area (Å²) in [5, 5.41) is 2.59. The number of nitrogens with zero attached hydrogens (tertiary/aromatic N) is 1. The van der Waals surface area contributed by atoms with Gasteiger partial charge in [-0.3, -0.25) is 9.59 Å². The van der Waals surface area contributed by atoms with Crippen LogP contribution in [0.25, 0.3) is 0 Å². The van der Waals surface area contributed by atoms with Crippen LogP contribution in [0.4, 0.5) is 0 Å². The third-order valence-electron chi connectivity index (χ3n) is 2.67. The highest BCUT2D eigenvalue weighted by Gasteiger charge is 2.10. The summed E-state index contributed by atoms with van der Waals surface area (Å²) in [7, 11) is 1.70. The molecular weight excluding hydrogens is 252 g/mol. The Morgan fingerprint density at radius 1 is 1.28 bits per heavy atom. The minimum atomic E-state index is -0.256. The van der Waals surface area contributed by atoms with Gasteiger partial charge in [-0.05, 0) is 24.6 Å². The molecule has 2 amide bonds. The van der Waals surface area contributed by atoms with E-state index in [0.29, 0.717) is 18.0 Å². The summed E-state index contributed by atoms with van der Waals surface area (Å²) in [6.07, 6.45) is 0. The van der Waals surface area contributed by atoms with E-state index in [1.165, 1.54) is 0 Å². The van der Waals surface area contributed by atoms with Gasteiger partial charge in [-0.15, -0.1) is 11.6 Å². The third kappa shape index (κ3) is 4.04. The highest BCUT2D eigenvalue weighted by atomic mass is 35.5. The number of carbonyl (C=O) groups is 2. The number of benzene rings is 1. The van der Waals surface area contributed by atoms with Crippen LogP contribution in [0.1, 0.15) is 22.8 Å². The summed E-state index contributed by atoms with van der Waals surface area (Å²) in [5.74, 6) is 0.0546. The lowest BCUT2D eigenvalue weighted by Crippen LogP contribution is -2.37. The number of amides is 2. The second kappa shape index (κ2) is 7.01. The molecule has 0 fully saturated rings. The topological polar surface area (TPSA) is 49.4 Å². The predicted octanol–water partition coefficient (Wildman–Crippen LogP) is 1.63. The number of alkyl halides is 1. The van der Waals surface area contributed by atoms with E-state index in [1.54, 1.807) is 36.2 Å². The normalized spacial score (nSPS) is 9.94. The minimum absolute atomic E-state index is 0.0143. The summed E-state index contributed by atoms with van der Waals surface area (Å²) in [5.41, 5.74) is 1.48. The SMILES string of the molecule is CCN(C)C(=O)CNC(=O)c1ccc(CCl)cc1. The molecule has 4 nitrogen and oxygen atoms in total. The van der Waals surface area contributed by atoms with Crippen LogP contribution in [-0.2, 0) is 10.7 Å². The average molecular weight is 269 g/mol. The highest BCUT2D eigenvalue weighted by Crippen LogP contribution is 2.06. The lowest BCUT2D eigenvalue weighted by atomic mass is 10.1. The first-order valence-corrected chi connectivity index (χ1v) is 6.29. The second-order valence-electron chi connectivity index (χ2n) is 3.92. The van der Waals surface area contributed by atoms with Crippen LogP contribution >= 0.6 is 11.6 Å². The molecule has 5 heteroatoms. The zero-order valence-electron chi connectivity index (χ0n) is 10.6. The number of nitrogens with one attached hydrogen (secondary N) is 1. The van der Waals surface area contributed by atoms with Crippen LogP contribution < -0.4 is 5.32 Å². The zero-order chi connectivity index (χ0) is 13.5. The molecule has 0 radical (unpaired) electrons. The van der Waals surface area contributed by atoms with Gasteiger partial charge in [0, 0.05) is 25.0 Å². The molecule has 0 aliphatic rings. The number of hydrogen-bond acceptors (Lipinski definition) is 2. The Bertz CT molecular complexity index is 418. The summed E-state index contributed by atoms with van der Waals surface area (Å²) < 4.78 is 0. The van der Waals surface area contributed by atoms with Gasteiger partial charge in [-0.2, -0.15) is 0 Å². The maximum absolute atomic E-state index is 11.7. The molecule has 0 atom stereocenters. The Hall–Kier alpha value is -1.55. The van der Waals surface area contributed by atoms with Crippen LogP contribution in [-0.4, -0.2) is 36.9 Å². The van der Waals surface area contributed by atoms with Gasteiger partial charge in [-0.1, -0.05) is 12.1 Å². The van der Waals surface area contributed by atoms with Gasteiger partial charge in [0.15, 0.2) is 0 Å². The van der Waals surface area contributed by atoms with Crippen molar-refractivity contribution in [3.8, 4) is 0 Å². The van der Waals surface area contributed by atoms with Crippen molar-refractivity contribution in [1.82, 2.24) is 10.2 Å². The summed E-state index contributed by atoms with van der Waals surface area (Å²) in [6.45, 7) is 2.52. The van der Waals surface area contributed by atoms with Crippen LogP contribution in [0.2, 0.25) is 0 Å². The number of hydrogen-bond donors (Lipinski definition) is 1. The number of likely N-dealkylation sites (N-methyl/N-ethyl adjacent to an activating group) is 1. The first-order chi connectivity index (χ1) is 8.58. The molecule has 0 saturated heterocycles. The van der Waals surface area contributed by atoms with Gasteiger partial charge in [-0.25, -0.2) is 0 Å². The Kier molecular flexibility index (Phi) is 5.65. The molecule has 98 valence electrons. The monoisotopic (exact) mass is 268 g/mol. The van der Waals surface area contributed by atoms with Gasteiger partial charge in [0.25, 0.3) is 5.91 Å². The molecule has 0 bridgehead atoms. The Balaban J connectivity index is 2.52. The van der Waals surface area contributed by atoms with Crippen molar-refractivity contribution in [2.24, 2.45) is 0 Å². The predicted molar refractivity (Wildman–Crippen MR) is 71.6 cm³/mol. The molecule has 0 heterocycles. The summed E-state index contributed by atoms with van der Waals surface area (Å²) in [6, 6.07) is 6.98. The molecule has 0 aromatic heterocycles. The van der Waals surface area contributed by atoms with E-state index in [0.717, 1.165) is 5.56 Å². The van der Waals surface area contributed by atoms with Crippen molar-refractivity contribution < 1.29 is 9.59 Å². The van der Waals surface area contributed by atoms with Gasteiger partial charge >= 0.3 is 0 Å². The van der Waals surface area contributed by atoms with Crippen LogP contribution in [0.3, 0.4) is 0 Å². The molecule has 1 rings (SSSR count). The Morgan fingerprint density at radius 3 is 2.39 bits per heavy atom. The maximum Gasteiger partial charge on any atom is 0.251 e. The molecule has 0 saturated carbocycles. The molecular formula is C13H17ClN2O2. The van der Waals surface area contributed by atoms with E-state index in [-0.39, 0.29) is 18.4 Å². The van der Waals surface area contributed by atoms with E-state index in [9.17, 15) is 9.59 Å². The molecule has 0 aliphatic carbocycles. The standard InChI is InChI=1S/C13H17ClN2O2/c1-3-16(2)12(17)9-15-13(18)11-6-4-10(8-14)5-7-11/h4-7H,3,8-9H2,1-2H3,(H,15,18). The van der Waals surface area contributed by atoms with Gasteiger partial charge in [0.05, 0.1) is 6.54 Å². The smallest absolute Gasteiger partial charge is 0.251 e. The van der Waals surface area contributed by atoms with Crippen molar-refractivity contribution >= 4 is 23.4 Å². The first kappa shape index (κ1) is 14.5. The van der Waals surface area contributed by atoms with E-state index < -0.39 is 0 Å². The molecule has 0 unspecified atom stereocenters. The van der Waals surface area contributed by atoms with E-state index in [2.05, 4.69) is 5.32 Å². The molecule has 18 heavy (non-hydrogen) atoms.